The molecular formula is C32H50O9. The molecule has 0 bridgehead atoms. The van der Waals surface area contributed by atoms with Crippen LogP contribution in [0.3, 0.4) is 0 Å². The van der Waals surface area contributed by atoms with Crippen LogP contribution in [0.5, 0.6) is 0 Å². The number of aliphatic hydroxyl groups excluding tert-OH is 1. The van der Waals surface area contributed by atoms with Gasteiger partial charge in [0.15, 0.2) is 0 Å². The summed E-state index contributed by atoms with van der Waals surface area (Å²) in [7, 11) is 0. The van der Waals surface area contributed by atoms with E-state index < -0.39 is 35.9 Å². The first-order chi connectivity index (χ1) is 19.1. The highest BCUT2D eigenvalue weighted by molar-refractivity contribution is 5.70. The fourth-order valence-corrected chi connectivity index (χ4v) is 5.36. The first-order valence-corrected chi connectivity index (χ1v) is 14.8. The van der Waals surface area contributed by atoms with Gasteiger partial charge in [-0.05, 0) is 57.1 Å². The topological polar surface area (TPSA) is 132 Å². The Hall–Kier alpha value is -2.49. The minimum atomic E-state index is -1.41. The Balaban J connectivity index is 2.10. The summed E-state index contributed by atoms with van der Waals surface area (Å²) < 4.78 is 22.5. The summed E-state index contributed by atoms with van der Waals surface area (Å²) in [5.74, 6) is -1.26. The Morgan fingerprint density at radius 1 is 1.20 bits per heavy atom. The largest absolute Gasteiger partial charge is 0.462 e. The number of esters is 3. The van der Waals surface area contributed by atoms with Gasteiger partial charge in [0.1, 0.15) is 23.9 Å². The smallest absolute Gasteiger partial charge is 0.309 e. The minimum Gasteiger partial charge on any atom is -0.462 e. The zero-order valence-electron chi connectivity index (χ0n) is 25.9. The van der Waals surface area contributed by atoms with Crippen molar-refractivity contribution < 1.29 is 43.5 Å². The lowest BCUT2D eigenvalue weighted by atomic mass is 9.88. The number of carbonyl (C=O) groups excluding carboxylic acids is 3. The molecule has 2 N–H and O–H groups in total. The standard InChI is InChI=1S/C32H50O9/c1-9-26(38-23(6)33)22(5)31-27(40-31)17-19(2)11-10-12-20(3)30-21(4)13-14-28(39-24(7)34)32(8,37)16-15-25(35)18-29(36)41-30/h10-14,19,21-22,25-28,30-31,35,37H,9,15-18H2,1-8H3/b11-10+,14-13+,20-12+. The molecule has 232 valence electrons. The summed E-state index contributed by atoms with van der Waals surface area (Å²) >= 11 is 0. The number of aliphatic hydroxyl groups is 2. The van der Waals surface area contributed by atoms with Gasteiger partial charge in [-0.2, -0.15) is 0 Å². The molecule has 2 aliphatic rings. The van der Waals surface area contributed by atoms with Gasteiger partial charge < -0.3 is 29.2 Å². The van der Waals surface area contributed by atoms with Crippen molar-refractivity contribution in [2.24, 2.45) is 17.8 Å². The highest BCUT2D eigenvalue weighted by Gasteiger charge is 2.46. The first kappa shape index (κ1) is 34.7. The van der Waals surface area contributed by atoms with E-state index in [4.69, 9.17) is 18.9 Å². The monoisotopic (exact) mass is 578 g/mol. The Morgan fingerprint density at radius 3 is 2.49 bits per heavy atom. The van der Waals surface area contributed by atoms with Crippen molar-refractivity contribution >= 4 is 17.9 Å². The van der Waals surface area contributed by atoms with Crippen LogP contribution in [-0.2, 0) is 33.3 Å². The molecule has 9 heteroatoms. The van der Waals surface area contributed by atoms with E-state index in [9.17, 15) is 24.6 Å². The van der Waals surface area contributed by atoms with E-state index in [2.05, 4.69) is 19.9 Å². The molecule has 0 aromatic heterocycles. The quantitative estimate of drug-likeness (QED) is 0.126. The predicted molar refractivity (Wildman–Crippen MR) is 155 cm³/mol. The second-order valence-corrected chi connectivity index (χ2v) is 12.0. The number of rotatable bonds is 10. The SMILES string of the molecule is CCC(OC(C)=O)C(C)C1OC1CC(C)/C=C/C=C(\C)C1OC(=O)CC(O)CCC(C)(O)C(OC(C)=O)/C=C/C1C. The molecule has 10 unspecified atom stereocenters. The van der Waals surface area contributed by atoms with Gasteiger partial charge >= 0.3 is 17.9 Å². The maximum absolute atomic E-state index is 12.6. The molecule has 2 aliphatic heterocycles. The average Bonchev–Trinajstić information content (AvgIpc) is 3.64. The lowest BCUT2D eigenvalue weighted by Crippen LogP contribution is -2.42. The molecule has 2 rings (SSSR count). The average molecular weight is 579 g/mol. The second-order valence-electron chi connectivity index (χ2n) is 12.0. The van der Waals surface area contributed by atoms with Crippen LogP contribution >= 0.6 is 0 Å². The molecule has 0 spiro atoms. The lowest BCUT2D eigenvalue weighted by molar-refractivity contribution is -0.157. The highest BCUT2D eigenvalue weighted by atomic mass is 16.6. The number of epoxide rings is 1. The van der Waals surface area contributed by atoms with Gasteiger partial charge in [0.2, 0.25) is 0 Å². The van der Waals surface area contributed by atoms with E-state index in [-0.39, 0.29) is 61.3 Å². The number of ether oxygens (including phenoxy) is 4. The number of cyclic esters (lactones) is 1. The van der Waals surface area contributed by atoms with Crippen LogP contribution in [0.4, 0.5) is 0 Å². The molecule has 10 atom stereocenters. The van der Waals surface area contributed by atoms with E-state index in [0.717, 1.165) is 18.4 Å². The van der Waals surface area contributed by atoms with Crippen molar-refractivity contribution in [2.75, 3.05) is 0 Å². The molecule has 0 amide bonds. The Kier molecular flexibility index (Phi) is 13.3. The highest BCUT2D eigenvalue weighted by Crippen LogP contribution is 2.37. The van der Waals surface area contributed by atoms with E-state index in [1.807, 2.05) is 32.9 Å². The summed E-state index contributed by atoms with van der Waals surface area (Å²) in [6, 6.07) is 0. The van der Waals surface area contributed by atoms with Crippen molar-refractivity contribution in [3.63, 3.8) is 0 Å². The van der Waals surface area contributed by atoms with Crippen molar-refractivity contribution in [3.05, 3.63) is 36.0 Å². The van der Waals surface area contributed by atoms with Crippen molar-refractivity contribution in [2.45, 2.75) is 130 Å². The fraction of sp³-hybridized carbons (Fsp3) is 0.719. The molecule has 0 radical (unpaired) electrons. The molecule has 41 heavy (non-hydrogen) atoms. The molecular weight excluding hydrogens is 528 g/mol. The molecule has 0 aromatic rings. The third-order valence-corrected chi connectivity index (χ3v) is 7.92. The van der Waals surface area contributed by atoms with Crippen LogP contribution in [-0.4, -0.2) is 70.3 Å². The zero-order valence-corrected chi connectivity index (χ0v) is 25.9. The molecule has 1 fully saturated rings. The van der Waals surface area contributed by atoms with Crippen molar-refractivity contribution in [3.8, 4) is 0 Å². The van der Waals surface area contributed by atoms with E-state index in [1.165, 1.54) is 13.8 Å². The molecule has 0 saturated carbocycles. The van der Waals surface area contributed by atoms with Crippen LogP contribution in [0.2, 0.25) is 0 Å². The lowest BCUT2D eigenvalue weighted by Gasteiger charge is -2.32. The van der Waals surface area contributed by atoms with Gasteiger partial charge in [-0.25, -0.2) is 0 Å². The predicted octanol–water partition coefficient (Wildman–Crippen LogP) is 4.59. The number of allylic oxidation sites excluding steroid dienone is 3. The summed E-state index contributed by atoms with van der Waals surface area (Å²) in [6.07, 6.45) is 8.53. The van der Waals surface area contributed by atoms with E-state index >= 15 is 0 Å². The minimum absolute atomic E-state index is 0.0719. The van der Waals surface area contributed by atoms with Crippen molar-refractivity contribution in [1.29, 1.82) is 0 Å². The third kappa shape index (κ3) is 11.4. The first-order valence-electron chi connectivity index (χ1n) is 14.8. The van der Waals surface area contributed by atoms with Gasteiger partial charge in [-0.1, -0.05) is 52.0 Å². The van der Waals surface area contributed by atoms with Gasteiger partial charge in [0.05, 0.1) is 24.7 Å². The number of carbonyl (C=O) groups is 3. The van der Waals surface area contributed by atoms with Gasteiger partial charge in [0.25, 0.3) is 0 Å². The zero-order chi connectivity index (χ0) is 30.9. The normalized spacial score (nSPS) is 34.4. The summed E-state index contributed by atoms with van der Waals surface area (Å²) in [4.78, 5) is 35.7. The number of hydrogen-bond donors (Lipinski definition) is 2. The molecule has 0 aromatic carbocycles. The summed E-state index contributed by atoms with van der Waals surface area (Å²) in [5, 5.41) is 21.3. The molecule has 0 aliphatic carbocycles. The fourth-order valence-electron chi connectivity index (χ4n) is 5.36. The molecule has 2 heterocycles. The molecule has 1 saturated heterocycles. The summed E-state index contributed by atoms with van der Waals surface area (Å²) in [5.41, 5.74) is -0.604. The third-order valence-electron chi connectivity index (χ3n) is 7.92. The number of hydrogen-bond acceptors (Lipinski definition) is 9. The molecule has 9 nitrogen and oxygen atoms in total. The van der Waals surface area contributed by atoms with Crippen molar-refractivity contribution in [1.82, 2.24) is 0 Å². The van der Waals surface area contributed by atoms with Gasteiger partial charge in [-0.15, -0.1) is 0 Å². The van der Waals surface area contributed by atoms with Gasteiger partial charge in [0, 0.05) is 25.7 Å². The maximum atomic E-state index is 12.6. The van der Waals surface area contributed by atoms with Crippen LogP contribution in [0.25, 0.3) is 0 Å². The Bertz CT molecular complexity index is 982. The van der Waals surface area contributed by atoms with E-state index in [0.29, 0.717) is 0 Å². The van der Waals surface area contributed by atoms with E-state index in [1.54, 1.807) is 19.1 Å². The maximum Gasteiger partial charge on any atom is 0.309 e. The Labute approximate surface area is 244 Å². The van der Waals surface area contributed by atoms with Crippen LogP contribution in [0, 0.1) is 17.8 Å². The van der Waals surface area contributed by atoms with Crippen LogP contribution < -0.4 is 0 Å². The van der Waals surface area contributed by atoms with Crippen LogP contribution in [0.1, 0.15) is 87.5 Å². The van der Waals surface area contributed by atoms with Crippen LogP contribution in [0.15, 0.2) is 36.0 Å². The Morgan fingerprint density at radius 2 is 1.88 bits per heavy atom. The van der Waals surface area contributed by atoms with Gasteiger partial charge in [-0.3, -0.25) is 14.4 Å². The summed E-state index contributed by atoms with van der Waals surface area (Å²) in [6.45, 7) is 14.2. The second kappa shape index (κ2) is 15.7.